The van der Waals surface area contributed by atoms with Crippen LogP contribution in [-0.4, -0.2) is 69.4 Å². The van der Waals surface area contributed by atoms with Crippen molar-refractivity contribution >= 4 is 27.5 Å². The molecule has 9 nitrogen and oxygen atoms in total. The summed E-state index contributed by atoms with van der Waals surface area (Å²) in [7, 11) is -4.02. The molecular weight excluding hydrogens is 406 g/mol. The van der Waals surface area contributed by atoms with E-state index in [1.54, 1.807) is 28.9 Å². The quantitative estimate of drug-likeness (QED) is 0.573. The molecule has 0 unspecified atom stereocenters. The first-order chi connectivity index (χ1) is 14.1. The molecule has 0 aromatic heterocycles. The molecule has 1 aromatic carbocycles. The minimum Gasteiger partial charge on any atom is -0.338 e. The molecule has 2 aliphatic rings. The number of nitrogens with zero attached hydrogens (tertiary/aromatic N) is 2. The molecule has 3 rings (SSSR count). The van der Waals surface area contributed by atoms with E-state index in [-0.39, 0.29) is 28.8 Å². The predicted octanol–water partition coefficient (Wildman–Crippen LogP) is -0.0622. The number of amides is 2. The zero-order valence-electron chi connectivity index (χ0n) is 17.8. The van der Waals surface area contributed by atoms with Crippen molar-refractivity contribution in [2.75, 3.05) is 37.6 Å². The first-order valence-electron chi connectivity index (χ1n) is 10.2. The second-order valence-electron chi connectivity index (χ2n) is 8.53. The van der Waals surface area contributed by atoms with Gasteiger partial charge in [0.2, 0.25) is 21.8 Å². The molecule has 0 spiro atoms. The largest absolute Gasteiger partial charge is 0.338 e. The fourth-order valence-corrected chi connectivity index (χ4v) is 5.55. The Balaban J connectivity index is 1.83. The van der Waals surface area contributed by atoms with Crippen molar-refractivity contribution in [1.29, 1.82) is 0 Å². The number of piperazine rings is 1. The molecule has 166 valence electrons. The van der Waals surface area contributed by atoms with Crippen molar-refractivity contribution in [3.05, 3.63) is 23.8 Å². The average molecular weight is 438 g/mol. The molecule has 0 aliphatic carbocycles. The molecule has 2 heterocycles. The van der Waals surface area contributed by atoms with Gasteiger partial charge in [-0.05, 0) is 44.9 Å². The minimum atomic E-state index is -4.02. The third-order valence-electron chi connectivity index (χ3n) is 5.62. The smallest absolute Gasteiger partial charge is 0.242 e. The summed E-state index contributed by atoms with van der Waals surface area (Å²) in [6.07, 6.45) is 1.21. The molecule has 2 fully saturated rings. The van der Waals surface area contributed by atoms with Crippen molar-refractivity contribution in [1.82, 2.24) is 14.9 Å². The lowest BCUT2D eigenvalue weighted by Crippen LogP contribution is -2.62. The van der Waals surface area contributed by atoms with Crippen LogP contribution in [-0.2, 0) is 19.6 Å². The van der Waals surface area contributed by atoms with Crippen molar-refractivity contribution in [2.24, 2.45) is 5.73 Å². The van der Waals surface area contributed by atoms with Gasteiger partial charge < -0.3 is 20.9 Å². The maximum absolute atomic E-state index is 13.1. The topological polar surface area (TPSA) is 125 Å². The van der Waals surface area contributed by atoms with Crippen molar-refractivity contribution in [3.63, 3.8) is 0 Å². The van der Waals surface area contributed by atoms with Gasteiger partial charge in [0.05, 0.1) is 4.90 Å². The number of sulfonamides is 1. The summed E-state index contributed by atoms with van der Waals surface area (Å²) in [6, 6.07) is 3.78. The highest BCUT2D eigenvalue weighted by Gasteiger charge is 2.34. The lowest BCUT2D eigenvalue weighted by Gasteiger charge is -2.40. The van der Waals surface area contributed by atoms with Crippen LogP contribution in [0.1, 0.15) is 32.3 Å². The SMILES string of the molecule is Cc1c(N2CCCC2=O)cccc1S(=O)(=O)N[C@@H](CN)C(=O)N1CCNC(C)(C)C1. The van der Waals surface area contributed by atoms with Crippen molar-refractivity contribution in [2.45, 2.75) is 50.1 Å². The van der Waals surface area contributed by atoms with Gasteiger partial charge in [0.1, 0.15) is 6.04 Å². The molecule has 30 heavy (non-hydrogen) atoms. The van der Waals surface area contributed by atoms with Gasteiger partial charge >= 0.3 is 0 Å². The van der Waals surface area contributed by atoms with Crippen LogP contribution in [0.2, 0.25) is 0 Å². The first kappa shape index (κ1) is 22.7. The number of carbonyl (C=O) groups is 2. The molecule has 2 saturated heterocycles. The summed E-state index contributed by atoms with van der Waals surface area (Å²) in [5.74, 6) is -0.351. The van der Waals surface area contributed by atoms with E-state index in [1.165, 1.54) is 6.07 Å². The summed E-state index contributed by atoms with van der Waals surface area (Å²) in [4.78, 5) is 28.4. The molecule has 10 heteroatoms. The van der Waals surface area contributed by atoms with Gasteiger partial charge in [-0.3, -0.25) is 9.59 Å². The third-order valence-corrected chi connectivity index (χ3v) is 7.24. The van der Waals surface area contributed by atoms with Gasteiger partial charge in [-0.15, -0.1) is 0 Å². The minimum absolute atomic E-state index is 0.0167. The van der Waals surface area contributed by atoms with Crippen LogP contribution in [0.15, 0.2) is 23.1 Å². The summed E-state index contributed by atoms with van der Waals surface area (Å²) in [5.41, 5.74) is 6.59. The van der Waals surface area contributed by atoms with Crippen LogP contribution in [0, 0.1) is 6.92 Å². The summed E-state index contributed by atoms with van der Waals surface area (Å²) >= 11 is 0. The second-order valence-corrected chi connectivity index (χ2v) is 10.2. The van der Waals surface area contributed by atoms with Gasteiger partial charge in [-0.1, -0.05) is 6.07 Å². The Labute approximate surface area is 178 Å². The van der Waals surface area contributed by atoms with E-state index in [0.29, 0.717) is 43.9 Å². The molecule has 1 atom stereocenters. The number of rotatable bonds is 6. The molecule has 0 saturated carbocycles. The van der Waals surface area contributed by atoms with Crippen LogP contribution in [0.4, 0.5) is 5.69 Å². The van der Waals surface area contributed by atoms with Crippen LogP contribution in [0.5, 0.6) is 0 Å². The summed E-state index contributed by atoms with van der Waals surface area (Å²) in [6.45, 7) is 7.67. The van der Waals surface area contributed by atoms with Gasteiger partial charge in [-0.2, -0.15) is 4.72 Å². The Morgan fingerprint density at radius 2 is 2.07 bits per heavy atom. The van der Waals surface area contributed by atoms with Gasteiger partial charge in [0, 0.05) is 50.4 Å². The van der Waals surface area contributed by atoms with Crippen molar-refractivity contribution in [3.8, 4) is 0 Å². The monoisotopic (exact) mass is 437 g/mol. The lowest BCUT2D eigenvalue weighted by molar-refractivity contribution is -0.134. The molecular formula is C20H31N5O4S. The number of hydrogen-bond acceptors (Lipinski definition) is 6. The average Bonchev–Trinajstić information content (AvgIpc) is 3.10. The number of carbonyl (C=O) groups excluding carboxylic acids is 2. The second kappa shape index (κ2) is 8.62. The van der Waals surface area contributed by atoms with E-state index in [4.69, 9.17) is 5.73 Å². The van der Waals surface area contributed by atoms with Crippen LogP contribution >= 0.6 is 0 Å². The van der Waals surface area contributed by atoms with Crippen molar-refractivity contribution < 1.29 is 18.0 Å². The van der Waals surface area contributed by atoms with E-state index < -0.39 is 16.1 Å². The maximum atomic E-state index is 13.1. The highest BCUT2D eigenvalue weighted by atomic mass is 32.2. The fraction of sp³-hybridized carbons (Fsp3) is 0.600. The van der Waals surface area contributed by atoms with E-state index in [1.807, 2.05) is 13.8 Å². The third kappa shape index (κ3) is 4.66. The van der Waals surface area contributed by atoms with Gasteiger partial charge in [0.25, 0.3) is 0 Å². The summed E-state index contributed by atoms with van der Waals surface area (Å²) in [5, 5.41) is 3.32. The Morgan fingerprint density at radius 1 is 1.33 bits per heavy atom. The number of benzene rings is 1. The zero-order valence-corrected chi connectivity index (χ0v) is 18.6. The van der Waals surface area contributed by atoms with Crippen LogP contribution in [0.25, 0.3) is 0 Å². The molecule has 0 radical (unpaired) electrons. The number of hydrogen-bond donors (Lipinski definition) is 3. The van der Waals surface area contributed by atoms with E-state index >= 15 is 0 Å². The first-order valence-corrected chi connectivity index (χ1v) is 11.7. The van der Waals surface area contributed by atoms with E-state index in [9.17, 15) is 18.0 Å². The van der Waals surface area contributed by atoms with Gasteiger partial charge in [0.15, 0.2) is 0 Å². The Morgan fingerprint density at radius 3 is 2.67 bits per heavy atom. The maximum Gasteiger partial charge on any atom is 0.242 e. The molecule has 0 bridgehead atoms. The van der Waals surface area contributed by atoms with E-state index in [0.717, 1.165) is 6.42 Å². The lowest BCUT2D eigenvalue weighted by atomic mass is 10.0. The normalized spacial score (nSPS) is 20.5. The number of anilines is 1. The van der Waals surface area contributed by atoms with E-state index in [2.05, 4.69) is 10.0 Å². The molecule has 2 amide bonds. The Hall–Kier alpha value is -2.01. The molecule has 4 N–H and O–H groups in total. The number of nitrogens with one attached hydrogen (secondary N) is 2. The fourth-order valence-electron chi connectivity index (χ4n) is 4.09. The number of nitrogens with two attached hydrogens (primary N) is 1. The van der Waals surface area contributed by atoms with Gasteiger partial charge in [-0.25, -0.2) is 8.42 Å². The van der Waals surface area contributed by atoms with Crippen LogP contribution in [0.3, 0.4) is 0 Å². The summed E-state index contributed by atoms with van der Waals surface area (Å²) < 4.78 is 28.8. The predicted molar refractivity (Wildman–Crippen MR) is 115 cm³/mol. The zero-order chi connectivity index (χ0) is 22.1. The molecule has 2 aliphatic heterocycles. The Kier molecular flexibility index (Phi) is 6.51. The highest BCUT2D eigenvalue weighted by molar-refractivity contribution is 7.89. The molecule has 1 aromatic rings. The Bertz CT molecular complexity index is 931. The van der Waals surface area contributed by atoms with Crippen LogP contribution < -0.4 is 20.7 Å². The highest BCUT2D eigenvalue weighted by Crippen LogP contribution is 2.29. The standard InChI is InChI=1S/C20H31N5O4S/c1-14-16(25-10-5-8-18(25)26)6-4-7-17(14)30(28,29)23-15(12-21)19(27)24-11-9-22-20(2,3)13-24/h4,6-7,15,22-23H,5,8-13,21H2,1-3H3/t15-/m0/s1.